The minimum atomic E-state index is 0.419. The van der Waals surface area contributed by atoms with Gasteiger partial charge in [0, 0.05) is 22.4 Å². The van der Waals surface area contributed by atoms with Gasteiger partial charge in [0.1, 0.15) is 0 Å². The molecule has 53 heavy (non-hydrogen) atoms. The number of amidine groups is 2. The number of aliphatic imine (C=N–C) groups is 3. The molecule has 6 nitrogen and oxygen atoms in total. The zero-order valence-corrected chi connectivity index (χ0v) is 29.2. The molecule has 0 saturated heterocycles. The second-order valence-corrected chi connectivity index (χ2v) is 13.1. The third kappa shape index (κ3) is 6.10. The van der Waals surface area contributed by atoms with Gasteiger partial charge in [-0.25, -0.2) is 15.0 Å². The van der Waals surface area contributed by atoms with Gasteiger partial charge in [-0.3, -0.25) is 14.5 Å². The summed E-state index contributed by atoms with van der Waals surface area (Å²) in [7, 11) is 0. The average molecular weight is 685 g/mol. The SMILES string of the molecule is C=NC(=NC(=NCc1cccc(N2c3ccccc3-c3ccccc3-n3c2nc2ccccc23)c1)c1ccc(-c2ccccc2)cc1)C1=CC=CCC1. The van der Waals surface area contributed by atoms with Crippen LogP contribution in [0.5, 0.6) is 0 Å². The molecule has 1 aromatic heterocycles. The number of aromatic nitrogens is 2. The average Bonchev–Trinajstić information content (AvgIpc) is 3.55. The normalized spacial score (nSPS) is 13.9. The highest BCUT2D eigenvalue weighted by Crippen LogP contribution is 2.47. The van der Waals surface area contributed by atoms with E-state index in [1.54, 1.807) is 0 Å². The second-order valence-electron chi connectivity index (χ2n) is 13.1. The molecule has 0 amide bonds. The van der Waals surface area contributed by atoms with Gasteiger partial charge in [0.2, 0.25) is 5.95 Å². The minimum absolute atomic E-state index is 0.419. The first-order valence-electron chi connectivity index (χ1n) is 17.9. The van der Waals surface area contributed by atoms with Gasteiger partial charge in [0.15, 0.2) is 11.7 Å². The third-order valence-corrected chi connectivity index (χ3v) is 9.82. The molecule has 2 heterocycles. The Balaban J connectivity index is 1.14. The predicted molar refractivity (Wildman–Crippen MR) is 220 cm³/mol. The molecule has 0 bridgehead atoms. The fraction of sp³-hybridized carbons (Fsp3) is 0.0638. The Kier molecular flexibility index (Phi) is 8.46. The maximum atomic E-state index is 5.24. The number of nitrogens with zero attached hydrogens (tertiary/aromatic N) is 6. The number of hydrogen-bond acceptors (Lipinski definition) is 3. The Morgan fingerprint density at radius 3 is 2.19 bits per heavy atom. The number of fused-ring (bicyclic) bond motifs is 7. The van der Waals surface area contributed by atoms with Crippen LogP contribution in [0, 0.1) is 0 Å². The van der Waals surface area contributed by atoms with Crippen molar-refractivity contribution in [2.24, 2.45) is 15.0 Å². The molecule has 7 aromatic rings. The van der Waals surface area contributed by atoms with Crippen molar-refractivity contribution < 1.29 is 0 Å². The van der Waals surface area contributed by atoms with Gasteiger partial charge in [0.05, 0.1) is 29.0 Å². The molecule has 0 N–H and O–H groups in total. The molecule has 2 aliphatic rings. The summed E-state index contributed by atoms with van der Waals surface area (Å²) in [6, 6.07) is 52.9. The van der Waals surface area contributed by atoms with Crippen LogP contribution in [-0.2, 0) is 6.54 Å². The van der Waals surface area contributed by atoms with Crippen LogP contribution in [0.3, 0.4) is 0 Å². The van der Waals surface area contributed by atoms with E-state index in [1.165, 1.54) is 0 Å². The number of rotatable bonds is 6. The van der Waals surface area contributed by atoms with Crippen molar-refractivity contribution in [3.05, 3.63) is 187 Å². The second kappa shape index (κ2) is 14.0. The molecule has 0 spiro atoms. The quantitative estimate of drug-likeness (QED) is 0.129. The summed E-state index contributed by atoms with van der Waals surface area (Å²) < 4.78 is 2.28. The first-order chi connectivity index (χ1) is 26.2. The molecule has 1 aliphatic carbocycles. The van der Waals surface area contributed by atoms with Crippen LogP contribution in [-0.4, -0.2) is 27.9 Å². The monoisotopic (exact) mass is 684 g/mol. The van der Waals surface area contributed by atoms with Crippen LogP contribution in [0.2, 0.25) is 0 Å². The van der Waals surface area contributed by atoms with Crippen LogP contribution in [0.4, 0.5) is 17.3 Å². The highest BCUT2D eigenvalue weighted by molar-refractivity contribution is 6.12. The molecular weight excluding hydrogens is 649 g/mol. The smallest absolute Gasteiger partial charge is 0.220 e. The van der Waals surface area contributed by atoms with Crippen molar-refractivity contribution in [3.8, 4) is 27.9 Å². The molecule has 254 valence electrons. The van der Waals surface area contributed by atoms with Crippen LogP contribution >= 0.6 is 0 Å². The fourth-order valence-corrected chi connectivity index (χ4v) is 7.25. The zero-order chi connectivity index (χ0) is 35.6. The minimum Gasteiger partial charge on any atom is -0.280 e. The van der Waals surface area contributed by atoms with E-state index in [2.05, 4.69) is 179 Å². The fourth-order valence-electron chi connectivity index (χ4n) is 7.25. The zero-order valence-electron chi connectivity index (χ0n) is 29.2. The number of allylic oxidation sites excluding steroid dienone is 3. The highest BCUT2D eigenvalue weighted by Gasteiger charge is 2.29. The van der Waals surface area contributed by atoms with E-state index in [9.17, 15) is 0 Å². The van der Waals surface area contributed by atoms with Gasteiger partial charge in [-0.15, -0.1) is 0 Å². The summed E-state index contributed by atoms with van der Waals surface area (Å²) in [5, 5.41) is 0. The standard InChI is InChI=1S/C47H36N6/c1-48-45(36-18-6-3-7-19-36)51-46(37-29-27-35(28-30-37)34-16-4-2-5-17-34)49-32-33-15-14-20-38(31-33)52-42-24-11-8-21-39(42)40-22-9-12-25-43(40)53-44-26-13-10-23-41(44)50-47(52)53/h2-6,8-18,20-31H,1,7,19,32H2. The molecule has 9 rings (SSSR count). The maximum absolute atomic E-state index is 5.24. The predicted octanol–water partition coefficient (Wildman–Crippen LogP) is 11.5. The maximum Gasteiger partial charge on any atom is 0.220 e. The number of hydrogen-bond donors (Lipinski definition) is 0. The summed E-state index contributed by atoms with van der Waals surface area (Å²) in [6.45, 7) is 4.30. The molecule has 6 aromatic carbocycles. The van der Waals surface area contributed by atoms with E-state index in [4.69, 9.17) is 15.0 Å². The van der Waals surface area contributed by atoms with E-state index in [0.29, 0.717) is 18.2 Å². The summed E-state index contributed by atoms with van der Waals surface area (Å²) in [5.41, 5.74) is 12.8. The van der Waals surface area contributed by atoms with Crippen LogP contribution in [0.15, 0.2) is 190 Å². The molecule has 0 saturated carbocycles. The van der Waals surface area contributed by atoms with Crippen molar-refractivity contribution in [2.45, 2.75) is 19.4 Å². The summed E-state index contributed by atoms with van der Waals surface area (Å²) >= 11 is 0. The van der Waals surface area contributed by atoms with Gasteiger partial charge < -0.3 is 0 Å². The van der Waals surface area contributed by atoms with Gasteiger partial charge in [-0.1, -0.05) is 133 Å². The van der Waals surface area contributed by atoms with E-state index >= 15 is 0 Å². The lowest BCUT2D eigenvalue weighted by Crippen LogP contribution is -2.14. The van der Waals surface area contributed by atoms with Crippen molar-refractivity contribution in [1.82, 2.24) is 9.55 Å². The highest BCUT2D eigenvalue weighted by atomic mass is 15.3. The number of imidazole rings is 1. The number of anilines is 3. The molecule has 0 radical (unpaired) electrons. The summed E-state index contributed by atoms with van der Waals surface area (Å²) in [5.74, 6) is 2.06. The first-order valence-corrected chi connectivity index (χ1v) is 17.9. The summed E-state index contributed by atoms with van der Waals surface area (Å²) in [6.07, 6.45) is 8.10. The Morgan fingerprint density at radius 1 is 0.679 bits per heavy atom. The lowest BCUT2D eigenvalue weighted by molar-refractivity contribution is 0.999. The first kappa shape index (κ1) is 32.0. The lowest BCUT2D eigenvalue weighted by Gasteiger charge is -2.25. The largest absolute Gasteiger partial charge is 0.280 e. The Hall–Kier alpha value is -6.92. The van der Waals surface area contributed by atoms with Crippen molar-refractivity contribution in [1.29, 1.82) is 0 Å². The van der Waals surface area contributed by atoms with Gasteiger partial charge in [-0.2, -0.15) is 0 Å². The van der Waals surface area contributed by atoms with Crippen LogP contribution in [0.25, 0.3) is 39.0 Å². The molecule has 6 heteroatoms. The van der Waals surface area contributed by atoms with E-state index in [0.717, 1.165) is 85.8 Å². The Bertz CT molecular complexity index is 2610. The Morgan fingerprint density at radius 2 is 1.40 bits per heavy atom. The van der Waals surface area contributed by atoms with Crippen LogP contribution in [0.1, 0.15) is 24.0 Å². The van der Waals surface area contributed by atoms with Crippen molar-refractivity contribution in [2.75, 3.05) is 4.90 Å². The van der Waals surface area contributed by atoms with E-state index in [-0.39, 0.29) is 0 Å². The summed E-state index contributed by atoms with van der Waals surface area (Å²) in [4.78, 5) is 22.1. The molecular formula is C47H36N6. The van der Waals surface area contributed by atoms with Crippen molar-refractivity contribution in [3.63, 3.8) is 0 Å². The molecule has 0 fully saturated rings. The van der Waals surface area contributed by atoms with Gasteiger partial charge in [-0.05, 0) is 78.2 Å². The van der Waals surface area contributed by atoms with E-state index in [1.807, 2.05) is 12.1 Å². The lowest BCUT2D eigenvalue weighted by atomic mass is 10.0. The van der Waals surface area contributed by atoms with Gasteiger partial charge >= 0.3 is 0 Å². The topological polar surface area (TPSA) is 58.1 Å². The third-order valence-electron chi connectivity index (χ3n) is 9.82. The van der Waals surface area contributed by atoms with Gasteiger partial charge in [0.25, 0.3) is 0 Å². The molecule has 0 atom stereocenters. The number of para-hydroxylation sites is 4. The number of benzene rings is 6. The van der Waals surface area contributed by atoms with Crippen molar-refractivity contribution >= 4 is 46.7 Å². The molecule has 1 aliphatic heterocycles. The Labute approximate surface area is 309 Å². The van der Waals surface area contributed by atoms with Crippen LogP contribution < -0.4 is 4.90 Å². The molecule has 0 unspecified atom stereocenters. The van der Waals surface area contributed by atoms with E-state index < -0.39 is 0 Å².